The van der Waals surface area contributed by atoms with Gasteiger partial charge in [-0.25, -0.2) is 4.79 Å². The van der Waals surface area contributed by atoms with Crippen molar-refractivity contribution in [2.75, 3.05) is 7.11 Å². The Kier molecular flexibility index (Phi) is 12.1. The predicted molar refractivity (Wildman–Crippen MR) is 190 cm³/mol. The van der Waals surface area contributed by atoms with Gasteiger partial charge in [0.2, 0.25) is 5.78 Å². The highest BCUT2D eigenvalue weighted by Crippen LogP contribution is 2.67. The number of aliphatic hydroxyl groups excluding tert-OH is 6. The van der Waals surface area contributed by atoms with E-state index in [1.165, 1.54) is 6.92 Å². The molecule has 0 aromatic heterocycles. The average Bonchev–Trinajstić information content (AvgIpc) is 3.32. The van der Waals surface area contributed by atoms with E-state index in [9.17, 15) is 45.0 Å². The van der Waals surface area contributed by atoms with Crippen molar-refractivity contribution in [2.45, 2.75) is 167 Å². The minimum Gasteiger partial charge on any atom is -0.504 e. The van der Waals surface area contributed by atoms with Gasteiger partial charge in [0.25, 0.3) is 0 Å². The van der Waals surface area contributed by atoms with Crippen molar-refractivity contribution in [2.24, 2.45) is 46.3 Å². The number of carbonyl (C=O) groups is 3. The molecule has 5 fully saturated rings. The molecule has 6 aliphatic rings. The number of hydrogen-bond acceptors (Lipinski definition) is 14. The van der Waals surface area contributed by atoms with Crippen LogP contribution < -0.4 is 0 Å². The Morgan fingerprint density at radius 2 is 1.52 bits per heavy atom. The molecule has 306 valence electrons. The maximum absolute atomic E-state index is 13.9. The molecule has 6 N–H and O–H groups in total. The largest absolute Gasteiger partial charge is 0.504 e. The third kappa shape index (κ3) is 7.21. The molecule has 14 heteroatoms. The summed E-state index contributed by atoms with van der Waals surface area (Å²) in [4.78, 5) is 39.6. The fourth-order valence-corrected chi connectivity index (χ4v) is 11.5. The first-order valence-corrected chi connectivity index (χ1v) is 19.9. The van der Waals surface area contributed by atoms with Crippen molar-refractivity contribution in [3.05, 3.63) is 11.3 Å². The lowest BCUT2D eigenvalue weighted by molar-refractivity contribution is -0.356. The maximum Gasteiger partial charge on any atom is 0.337 e. The summed E-state index contributed by atoms with van der Waals surface area (Å²) in [7, 11) is 1.13. The fourth-order valence-electron chi connectivity index (χ4n) is 11.5. The van der Waals surface area contributed by atoms with Crippen molar-refractivity contribution in [1.82, 2.24) is 0 Å². The van der Waals surface area contributed by atoms with Gasteiger partial charge in [-0.2, -0.15) is 0 Å². The molecule has 14 nitrogen and oxygen atoms in total. The van der Waals surface area contributed by atoms with Crippen LogP contribution in [-0.4, -0.2) is 123 Å². The molecule has 2 heterocycles. The summed E-state index contributed by atoms with van der Waals surface area (Å²) < 4.78 is 28.4. The highest BCUT2D eigenvalue weighted by Gasteiger charge is 2.64. The molecular weight excluding hydrogens is 704 g/mol. The quantitative estimate of drug-likeness (QED) is 0.139. The molecule has 0 radical (unpaired) electrons. The number of esters is 1. The van der Waals surface area contributed by atoms with Gasteiger partial charge in [-0.05, 0) is 92.4 Å². The Bertz CT molecular complexity index is 1450. The second kappa shape index (κ2) is 15.7. The lowest BCUT2D eigenvalue weighted by Crippen LogP contribution is -2.65. The van der Waals surface area contributed by atoms with Gasteiger partial charge < -0.3 is 54.3 Å². The third-order valence-corrected chi connectivity index (χ3v) is 14.2. The zero-order valence-electron chi connectivity index (χ0n) is 32.6. The highest BCUT2D eigenvalue weighted by molar-refractivity contribution is 6.00. The number of ketones is 2. The molecule has 1 unspecified atom stereocenters. The first-order chi connectivity index (χ1) is 25.3. The standard InChI is InChI=1S/C40H62O14/c1-17(2)14-21(41)15-18(3)25-28(43)29(44)26-23-9-8-20-16-22(10-12-39(20,5)24(23)11-13-40(25,26)6)52-38-33(48)31(46)34(35(54-38)36(49)50-7)53-37-32(47)30(45)27(42)19(4)51-37/h17-20,22-24,26-27,30-35,37-38,42-43,45-48H,8-16H2,1-7H3/t18-,19+,20+,22+,23?,24+,26+,27+,30-,31-,32-,33-,34+,35+,37-,38-,39+,40-/m1/s1. The zero-order chi connectivity index (χ0) is 39.6. The molecule has 4 aliphatic carbocycles. The molecule has 0 aromatic rings. The maximum atomic E-state index is 13.9. The molecule has 0 amide bonds. The molecule has 18 atom stereocenters. The Hall–Kier alpha value is -2.01. The van der Waals surface area contributed by atoms with Gasteiger partial charge in [-0.1, -0.05) is 34.6 Å². The van der Waals surface area contributed by atoms with Crippen molar-refractivity contribution < 1.29 is 68.7 Å². The molecule has 0 aromatic carbocycles. The molecule has 2 saturated heterocycles. The lowest BCUT2D eigenvalue weighted by atomic mass is 9.44. The Labute approximate surface area is 317 Å². The van der Waals surface area contributed by atoms with E-state index in [-0.39, 0.29) is 64.4 Å². The van der Waals surface area contributed by atoms with Crippen molar-refractivity contribution in [3.8, 4) is 0 Å². The number of ether oxygens (including phenoxy) is 5. The molecule has 2 aliphatic heterocycles. The van der Waals surface area contributed by atoms with Crippen LogP contribution >= 0.6 is 0 Å². The minimum absolute atomic E-state index is 0.100. The Morgan fingerprint density at radius 3 is 2.19 bits per heavy atom. The van der Waals surface area contributed by atoms with Crippen LogP contribution in [0, 0.1) is 46.3 Å². The van der Waals surface area contributed by atoms with Gasteiger partial charge in [-0.15, -0.1) is 0 Å². The van der Waals surface area contributed by atoms with E-state index in [1.807, 2.05) is 20.8 Å². The summed E-state index contributed by atoms with van der Waals surface area (Å²) in [5, 5.41) is 64.5. The van der Waals surface area contributed by atoms with Gasteiger partial charge >= 0.3 is 5.97 Å². The van der Waals surface area contributed by atoms with E-state index in [2.05, 4.69) is 13.8 Å². The van der Waals surface area contributed by atoms with Crippen LogP contribution in [0.3, 0.4) is 0 Å². The smallest absolute Gasteiger partial charge is 0.337 e. The summed E-state index contributed by atoms with van der Waals surface area (Å²) in [5.41, 5.74) is 0.171. The van der Waals surface area contributed by atoms with E-state index in [1.54, 1.807) is 0 Å². The zero-order valence-corrected chi connectivity index (χ0v) is 32.6. The molecule has 3 saturated carbocycles. The van der Waals surface area contributed by atoms with E-state index < -0.39 is 72.8 Å². The molecule has 0 bridgehead atoms. The summed E-state index contributed by atoms with van der Waals surface area (Å²) in [6, 6.07) is 0. The van der Waals surface area contributed by atoms with Crippen LogP contribution in [0.15, 0.2) is 11.3 Å². The minimum atomic E-state index is -1.74. The van der Waals surface area contributed by atoms with Gasteiger partial charge in [0.15, 0.2) is 24.4 Å². The van der Waals surface area contributed by atoms with Crippen molar-refractivity contribution in [1.29, 1.82) is 0 Å². The first-order valence-electron chi connectivity index (χ1n) is 19.9. The number of methoxy groups -OCH3 is 1. The molecular formula is C40H62O14. The van der Waals surface area contributed by atoms with Crippen LogP contribution in [-0.2, 0) is 38.1 Å². The second-order valence-electron chi connectivity index (χ2n) is 18.1. The van der Waals surface area contributed by atoms with E-state index >= 15 is 0 Å². The van der Waals surface area contributed by atoms with Gasteiger partial charge in [0.05, 0.1) is 19.3 Å². The summed E-state index contributed by atoms with van der Waals surface area (Å²) in [6.45, 7) is 11.9. The van der Waals surface area contributed by atoms with Crippen molar-refractivity contribution >= 4 is 17.5 Å². The lowest BCUT2D eigenvalue weighted by Gasteiger charge is -2.60. The van der Waals surface area contributed by atoms with Gasteiger partial charge in [0.1, 0.15) is 42.4 Å². The number of Topliss-reactive ketones (excluding diaryl/α,β-unsaturated/α-hetero) is 2. The summed E-state index contributed by atoms with van der Waals surface area (Å²) in [5.74, 6) is -0.767. The van der Waals surface area contributed by atoms with Gasteiger partial charge in [0, 0.05) is 24.2 Å². The number of aliphatic hydroxyl groups is 6. The molecule has 0 spiro atoms. The van der Waals surface area contributed by atoms with E-state index in [4.69, 9.17) is 23.7 Å². The van der Waals surface area contributed by atoms with Crippen LogP contribution in [0.2, 0.25) is 0 Å². The third-order valence-electron chi connectivity index (χ3n) is 14.2. The Morgan fingerprint density at radius 1 is 0.852 bits per heavy atom. The van der Waals surface area contributed by atoms with Crippen LogP contribution in [0.25, 0.3) is 0 Å². The predicted octanol–water partition coefficient (Wildman–Crippen LogP) is 2.49. The normalized spacial score (nSPS) is 47.1. The monoisotopic (exact) mass is 766 g/mol. The van der Waals surface area contributed by atoms with Crippen molar-refractivity contribution in [3.63, 3.8) is 0 Å². The van der Waals surface area contributed by atoms with Crippen LogP contribution in [0.5, 0.6) is 0 Å². The number of rotatable bonds is 10. The van der Waals surface area contributed by atoms with E-state index in [0.29, 0.717) is 25.7 Å². The average molecular weight is 767 g/mol. The SMILES string of the molecule is COC(=O)[C@H]1O[C@@H](O[C@H]2CC[C@@]3(C)[C@@H](CCC4[C@H]5C(=O)C(O)=C([C@H](C)CC(=O)CC(C)C)[C@@]5(C)CC[C@@H]43)C2)[C@H](O)[C@@H](O)[C@@H]1O[C@H]1O[C@@H](C)[C@H](O)[C@@H](O)[C@H]1O. The highest BCUT2D eigenvalue weighted by atomic mass is 16.7. The van der Waals surface area contributed by atoms with E-state index in [0.717, 1.165) is 44.8 Å². The number of allylic oxidation sites excluding steroid dienone is 2. The number of fused-ring (bicyclic) bond motifs is 5. The topological polar surface area (TPSA) is 219 Å². The van der Waals surface area contributed by atoms with Crippen LogP contribution in [0.4, 0.5) is 0 Å². The molecule has 54 heavy (non-hydrogen) atoms. The Balaban J connectivity index is 1.11. The van der Waals surface area contributed by atoms with Gasteiger partial charge in [-0.3, -0.25) is 9.59 Å². The summed E-state index contributed by atoms with van der Waals surface area (Å²) in [6.07, 6.45) is -9.41. The fraction of sp³-hybridized carbons (Fsp3) is 0.875. The number of carbonyl (C=O) groups excluding carboxylic acids is 3. The summed E-state index contributed by atoms with van der Waals surface area (Å²) >= 11 is 0. The van der Waals surface area contributed by atoms with Crippen LogP contribution in [0.1, 0.15) is 99.3 Å². The second-order valence-corrected chi connectivity index (χ2v) is 18.1. The number of hydrogen-bond donors (Lipinski definition) is 6. The first kappa shape index (κ1) is 41.6. The molecule has 6 rings (SSSR count).